The van der Waals surface area contributed by atoms with E-state index in [0.717, 1.165) is 6.42 Å². The zero-order valence-corrected chi connectivity index (χ0v) is 5.27. The summed E-state index contributed by atoms with van der Waals surface area (Å²) in [5, 5.41) is 2.80. The fourth-order valence-corrected chi connectivity index (χ4v) is 0.788. The molecule has 1 N–H and O–H groups in total. The molecule has 0 aliphatic carbocycles. The second-order valence-corrected chi connectivity index (χ2v) is 2.62. The molecule has 1 saturated heterocycles. The van der Waals surface area contributed by atoms with Crippen LogP contribution in [0.3, 0.4) is 0 Å². The van der Waals surface area contributed by atoms with Crippen molar-refractivity contribution in [3.8, 4) is 0 Å². The van der Waals surface area contributed by atoms with E-state index in [2.05, 4.69) is 19.2 Å². The minimum atomic E-state index is 0.198. The van der Waals surface area contributed by atoms with E-state index in [0.29, 0.717) is 12.0 Å². The molecule has 0 saturated carbocycles. The molecule has 0 unspecified atom stereocenters. The molecule has 2 heteroatoms. The van der Waals surface area contributed by atoms with Crippen molar-refractivity contribution in [3.05, 3.63) is 0 Å². The average molecular weight is 113 g/mol. The number of hydrogen-bond donors (Lipinski definition) is 1. The van der Waals surface area contributed by atoms with Crippen molar-refractivity contribution in [1.29, 1.82) is 0 Å². The van der Waals surface area contributed by atoms with E-state index in [1.165, 1.54) is 0 Å². The Labute approximate surface area is 49.3 Å². The average Bonchev–Trinajstić information content (AvgIpc) is 1.57. The summed E-state index contributed by atoms with van der Waals surface area (Å²) >= 11 is 0. The summed E-state index contributed by atoms with van der Waals surface area (Å²) in [7, 11) is 0. The Balaban J connectivity index is 2.25. The Morgan fingerprint density at radius 2 is 2.25 bits per heavy atom. The van der Waals surface area contributed by atoms with Gasteiger partial charge in [0.15, 0.2) is 0 Å². The third kappa shape index (κ3) is 0.831. The third-order valence-corrected chi connectivity index (χ3v) is 1.56. The van der Waals surface area contributed by atoms with Crippen molar-refractivity contribution in [2.75, 3.05) is 0 Å². The molecule has 0 spiro atoms. The molecule has 46 valence electrons. The van der Waals surface area contributed by atoms with Crippen molar-refractivity contribution in [3.63, 3.8) is 0 Å². The highest BCUT2D eigenvalue weighted by Gasteiger charge is 2.27. The minimum Gasteiger partial charge on any atom is -0.353 e. The normalized spacial score (nSPS) is 27.4. The highest BCUT2D eigenvalue weighted by atomic mass is 16.2. The van der Waals surface area contributed by atoms with Gasteiger partial charge in [0.05, 0.1) is 0 Å². The van der Waals surface area contributed by atoms with Crippen LogP contribution in [0, 0.1) is 5.92 Å². The van der Waals surface area contributed by atoms with Gasteiger partial charge in [-0.1, -0.05) is 13.8 Å². The Morgan fingerprint density at radius 3 is 2.38 bits per heavy atom. The Bertz CT molecular complexity index is 101. The van der Waals surface area contributed by atoms with Crippen LogP contribution in [0.1, 0.15) is 20.3 Å². The van der Waals surface area contributed by atoms with Crippen LogP contribution >= 0.6 is 0 Å². The van der Waals surface area contributed by atoms with Gasteiger partial charge in [0.25, 0.3) is 0 Å². The Morgan fingerprint density at radius 1 is 1.75 bits per heavy atom. The lowest BCUT2D eigenvalue weighted by Gasteiger charge is -2.29. The lowest BCUT2D eigenvalue weighted by Crippen LogP contribution is -2.51. The minimum absolute atomic E-state index is 0.198. The number of carbonyl (C=O) groups is 1. The summed E-state index contributed by atoms with van der Waals surface area (Å²) < 4.78 is 0. The predicted molar refractivity (Wildman–Crippen MR) is 31.4 cm³/mol. The molecule has 0 aromatic heterocycles. The smallest absolute Gasteiger partial charge is 0.222 e. The van der Waals surface area contributed by atoms with Crippen molar-refractivity contribution in [2.24, 2.45) is 5.92 Å². The van der Waals surface area contributed by atoms with Gasteiger partial charge in [0, 0.05) is 12.5 Å². The zero-order valence-electron chi connectivity index (χ0n) is 5.27. The first-order valence-electron chi connectivity index (χ1n) is 2.99. The maximum Gasteiger partial charge on any atom is 0.222 e. The van der Waals surface area contributed by atoms with Crippen molar-refractivity contribution in [2.45, 2.75) is 26.3 Å². The molecule has 0 aromatic rings. The largest absolute Gasteiger partial charge is 0.353 e. The summed E-state index contributed by atoms with van der Waals surface area (Å²) in [4.78, 5) is 10.3. The monoisotopic (exact) mass is 113 g/mol. The molecule has 8 heavy (non-hydrogen) atoms. The van der Waals surface area contributed by atoms with E-state index in [-0.39, 0.29) is 5.91 Å². The first-order chi connectivity index (χ1) is 3.70. The fraction of sp³-hybridized carbons (Fsp3) is 0.833. The zero-order chi connectivity index (χ0) is 6.15. The van der Waals surface area contributed by atoms with E-state index in [4.69, 9.17) is 0 Å². The molecular formula is C6H11NO. The molecule has 1 rings (SSSR count). The molecule has 1 amide bonds. The molecule has 1 atom stereocenters. The van der Waals surface area contributed by atoms with Gasteiger partial charge in [-0.25, -0.2) is 0 Å². The Kier molecular flexibility index (Phi) is 1.24. The topological polar surface area (TPSA) is 29.1 Å². The van der Waals surface area contributed by atoms with Gasteiger partial charge >= 0.3 is 0 Å². The number of amides is 1. The van der Waals surface area contributed by atoms with E-state index in [1.807, 2.05) is 0 Å². The van der Waals surface area contributed by atoms with Gasteiger partial charge in [-0.15, -0.1) is 0 Å². The molecule has 2 nitrogen and oxygen atoms in total. The van der Waals surface area contributed by atoms with Crippen LogP contribution in [0.25, 0.3) is 0 Å². The lowest BCUT2D eigenvalue weighted by molar-refractivity contribution is -0.129. The summed E-state index contributed by atoms with van der Waals surface area (Å²) in [6.45, 7) is 4.23. The number of nitrogens with one attached hydrogen (secondary N) is 1. The van der Waals surface area contributed by atoms with E-state index in [1.54, 1.807) is 0 Å². The van der Waals surface area contributed by atoms with Gasteiger partial charge in [0.2, 0.25) is 5.91 Å². The molecule has 1 aliphatic rings. The van der Waals surface area contributed by atoms with E-state index < -0.39 is 0 Å². The van der Waals surface area contributed by atoms with E-state index >= 15 is 0 Å². The molecule has 1 heterocycles. The highest BCUT2D eigenvalue weighted by molar-refractivity contribution is 5.82. The van der Waals surface area contributed by atoms with Crippen LogP contribution < -0.4 is 5.32 Å². The number of hydrogen-bond acceptors (Lipinski definition) is 1. The lowest BCUT2D eigenvalue weighted by atomic mass is 9.95. The highest BCUT2D eigenvalue weighted by Crippen LogP contribution is 2.12. The molecular weight excluding hydrogens is 102 g/mol. The van der Waals surface area contributed by atoms with Gasteiger partial charge < -0.3 is 5.32 Å². The maximum atomic E-state index is 10.3. The summed E-state index contributed by atoms with van der Waals surface area (Å²) in [5.74, 6) is 0.802. The fourth-order valence-electron chi connectivity index (χ4n) is 0.788. The molecule has 0 aromatic carbocycles. The van der Waals surface area contributed by atoms with Crippen LogP contribution in [0.2, 0.25) is 0 Å². The summed E-state index contributed by atoms with van der Waals surface area (Å²) in [6.07, 6.45) is 0.734. The quantitative estimate of drug-likeness (QED) is 0.494. The van der Waals surface area contributed by atoms with Gasteiger partial charge in [0.1, 0.15) is 0 Å². The van der Waals surface area contributed by atoms with Crippen LogP contribution in [-0.4, -0.2) is 11.9 Å². The number of β-lactam (4-membered cyclic amide) rings is 1. The van der Waals surface area contributed by atoms with Crippen LogP contribution in [0.4, 0.5) is 0 Å². The predicted octanol–water partition coefficient (Wildman–Crippen LogP) is 0.531. The molecule has 0 bridgehead atoms. The molecule has 1 aliphatic heterocycles. The standard InChI is InChI=1S/C6H11NO/c1-4(2)5-3-6(8)7-5/h4-5H,3H2,1-2H3,(H,7,8)/t5-/m1/s1. The van der Waals surface area contributed by atoms with Crippen LogP contribution in [0.15, 0.2) is 0 Å². The summed E-state index contributed by atoms with van der Waals surface area (Å²) in [6, 6.07) is 0.461. The van der Waals surface area contributed by atoms with Crippen molar-refractivity contribution < 1.29 is 4.79 Å². The number of rotatable bonds is 1. The number of carbonyl (C=O) groups excluding carboxylic acids is 1. The van der Waals surface area contributed by atoms with Gasteiger partial charge in [-0.3, -0.25) is 4.79 Å². The SMILES string of the molecule is CC(C)[C@H]1CC(=O)N1. The van der Waals surface area contributed by atoms with Crippen LogP contribution in [-0.2, 0) is 4.79 Å². The van der Waals surface area contributed by atoms with Crippen LogP contribution in [0.5, 0.6) is 0 Å². The molecule has 1 fully saturated rings. The first-order valence-corrected chi connectivity index (χ1v) is 2.99. The Hall–Kier alpha value is -0.530. The summed E-state index contributed by atoms with van der Waals surface area (Å²) in [5.41, 5.74) is 0. The third-order valence-electron chi connectivity index (χ3n) is 1.56. The van der Waals surface area contributed by atoms with Crippen molar-refractivity contribution in [1.82, 2.24) is 5.32 Å². The van der Waals surface area contributed by atoms with Gasteiger partial charge in [-0.2, -0.15) is 0 Å². The van der Waals surface area contributed by atoms with Crippen molar-refractivity contribution >= 4 is 5.91 Å². The molecule has 0 radical (unpaired) electrons. The second-order valence-electron chi connectivity index (χ2n) is 2.62. The first kappa shape index (κ1) is 5.60. The second kappa shape index (κ2) is 1.77. The van der Waals surface area contributed by atoms with Gasteiger partial charge in [-0.05, 0) is 5.92 Å². The van der Waals surface area contributed by atoms with E-state index in [9.17, 15) is 4.79 Å². The maximum absolute atomic E-state index is 10.3.